The summed E-state index contributed by atoms with van der Waals surface area (Å²) in [5.41, 5.74) is -0.867. The number of pyridine rings is 1. The normalized spacial score (nSPS) is 18.6. The minimum absolute atomic E-state index is 0.171. The first kappa shape index (κ1) is 14.4. The Morgan fingerprint density at radius 1 is 1.33 bits per heavy atom. The molecule has 112 valence electrons. The predicted octanol–water partition coefficient (Wildman–Crippen LogP) is 1.77. The molecule has 0 unspecified atom stereocenters. The second-order valence-electron chi connectivity index (χ2n) is 5.60. The Morgan fingerprint density at radius 3 is 2.81 bits per heavy atom. The van der Waals surface area contributed by atoms with Gasteiger partial charge in [-0.3, -0.25) is 4.98 Å². The van der Waals surface area contributed by atoms with Crippen molar-refractivity contribution in [2.45, 2.75) is 30.3 Å². The number of benzene rings is 1. The lowest BCUT2D eigenvalue weighted by atomic mass is 9.92. The molecule has 1 saturated heterocycles. The van der Waals surface area contributed by atoms with Gasteiger partial charge in [0, 0.05) is 36.3 Å². The maximum Gasteiger partial charge on any atom is 0.243 e. The Morgan fingerprint density at radius 2 is 2.10 bits per heavy atom. The predicted molar refractivity (Wildman–Crippen MR) is 80.4 cm³/mol. The van der Waals surface area contributed by atoms with E-state index in [1.165, 1.54) is 4.31 Å². The van der Waals surface area contributed by atoms with E-state index in [9.17, 15) is 13.5 Å². The van der Waals surface area contributed by atoms with Crippen molar-refractivity contribution < 1.29 is 13.5 Å². The van der Waals surface area contributed by atoms with Crippen LogP contribution < -0.4 is 0 Å². The van der Waals surface area contributed by atoms with Crippen LogP contribution in [0.1, 0.15) is 19.8 Å². The number of hydrogen-bond acceptors (Lipinski definition) is 4. The zero-order valence-electron chi connectivity index (χ0n) is 11.9. The number of aliphatic hydroxyl groups is 1. The average molecular weight is 306 g/mol. The van der Waals surface area contributed by atoms with Crippen LogP contribution in [0.15, 0.2) is 41.6 Å². The third-order valence-electron chi connectivity index (χ3n) is 3.92. The van der Waals surface area contributed by atoms with Crippen molar-refractivity contribution in [1.29, 1.82) is 0 Å². The first-order valence-corrected chi connectivity index (χ1v) is 8.46. The Bertz CT molecular complexity index is 762. The summed E-state index contributed by atoms with van der Waals surface area (Å²) < 4.78 is 26.8. The zero-order valence-corrected chi connectivity index (χ0v) is 12.7. The van der Waals surface area contributed by atoms with Gasteiger partial charge in [0.1, 0.15) is 0 Å². The van der Waals surface area contributed by atoms with E-state index in [4.69, 9.17) is 0 Å². The van der Waals surface area contributed by atoms with Crippen molar-refractivity contribution in [3.63, 3.8) is 0 Å². The lowest BCUT2D eigenvalue weighted by molar-refractivity contribution is -0.0653. The molecule has 6 heteroatoms. The summed E-state index contributed by atoms with van der Waals surface area (Å²) in [5.74, 6) is 0. The van der Waals surface area contributed by atoms with Gasteiger partial charge in [-0.05, 0) is 18.6 Å². The minimum atomic E-state index is -3.57. The van der Waals surface area contributed by atoms with E-state index < -0.39 is 15.6 Å². The van der Waals surface area contributed by atoms with Gasteiger partial charge in [-0.2, -0.15) is 4.31 Å². The molecule has 1 aromatic heterocycles. The molecule has 0 saturated carbocycles. The molecule has 5 nitrogen and oxygen atoms in total. The van der Waals surface area contributed by atoms with Crippen LogP contribution in [-0.4, -0.2) is 41.5 Å². The molecule has 1 aliphatic rings. The Kier molecular flexibility index (Phi) is 3.47. The van der Waals surface area contributed by atoms with Gasteiger partial charge in [0.25, 0.3) is 0 Å². The molecule has 0 bridgehead atoms. The van der Waals surface area contributed by atoms with Crippen molar-refractivity contribution in [3.8, 4) is 0 Å². The van der Waals surface area contributed by atoms with Crippen LogP contribution in [0.4, 0.5) is 0 Å². The maximum atomic E-state index is 12.7. The van der Waals surface area contributed by atoms with E-state index in [1.54, 1.807) is 30.6 Å². The summed E-state index contributed by atoms with van der Waals surface area (Å²) in [7, 11) is -3.57. The minimum Gasteiger partial charge on any atom is -0.387 e. The van der Waals surface area contributed by atoms with Gasteiger partial charge in [0.15, 0.2) is 0 Å². The van der Waals surface area contributed by atoms with Crippen molar-refractivity contribution in [1.82, 2.24) is 9.29 Å². The number of sulfonamides is 1. The largest absolute Gasteiger partial charge is 0.387 e. The molecule has 1 aromatic carbocycles. The molecule has 1 N–H and O–H groups in total. The molecule has 0 amide bonds. The van der Waals surface area contributed by atoms with E-state index in [-0.39, 0.29) is 18.0 Å². The van der Waals surface area contributed by atoms with Gasteiger partial charge in [-0.15, -0.1) is 0 Å². The van der Waals surface area contributed by atoms with E-state index in [2.05, 4.69) is 4.98 Å². The summed E-state index contributed by atoms with van der Waals surface area (Å²) in [6, 6.07) is 6.87. The topological polar surface area (TPSA) is 70.5 Å². The van der Waals surface area contributed by atoms with Gasteiger partial charge in [-0.1, -0.05) is 25.5 Å². The highest BCUT2D eigenvalue weighted by Gasteiger charge is 2.46. The Balaban J connectivity index is 1.96. The number of fused-ring (bicyclic) bond motifs is 1. The summed E-state index contributed by atoms with van der Waals surface area (Å²) in [6.45, 7) is 2.32. The Labute approximate surface area is 124 Å². The molecule has 2 heterocycles. The van der Waals surface area contributed by atoms with Crippen molar-refractivity contribution in [3.05, 3.63) is 36.7 Å². The highest BCUT2D eigenvalue weighted by atomic mass is 32.2. The van der Waals surface area contributed by atoms with Crippen LogP contribution in [0.2, 0.25) is 0 Å². The molecule has 21 heavy (non-hydrogen) atoms. The number of hydrogen-bond donors (Lipinski definition) is 1. The fourth-order valence-electron chi connectivity index (χ4n) is 2.86. The van der Waals surface area contributed by atoms with Gasteiger partial charge in [0.05, 0.1) is 10.5 Å². The monoisotopic (exact) mass is 306 g/mol. The summed E-state index contributed by atoms with van der Waals surface area (Å²) >= 11 is 0. The second-order valence-corrected chi connectivity index (χ2v) is 7.51. The summed E-state index contributed by atoms with van der Waals surface area (Å²) in [4.78, 5) is 4.29. The molecule has 1 fully saturated rings. The molecule has 1 aliphatic heterocycles. The molecule has 0 atom stereocenters. The molecule has 0 spiro atoms. The molecular formula is C15H18N2O3S. The van der Waals surface area contributed by atoms with Crippen molar-refractivity contribution in [2.75, 3.05) is 13.1 Å². The number of rotatable bonds is 4. The second kappa shape index (κ2) is 5.05. The van der Waals surface area contributed by atoms with E-state index >= 15 is 0 Å². The highest BCUT2D eigenvalue weighted by molar-refractivity contribution is 7.89. The maximum absolute atomic E-state index is 12.7. The number of aromatic nitrogens is 1. The van der Waals surface area contributed by atoms with Crippen LogP contribution in [-0.2, 0) is 10.0 Å². The molecule has 0 aliphatic carbocycles. The van der Waals surface area contributed by atoms with Crippen LogP contribution in [0.25, 0.3) is 10.8 Å². The van der Waals surface area contributed by atoms with Gasteiger partial charge in [-0.25, -0.2) is 8.42 Å². The van der Waals surface area contributed by atoms with Crippen molar-refractivity contribution in [2.24, 2.45) is 0 Å². The van der Waals surface area contributed by atoms with Crippen LogP contribution >= 0.6 is 0 Å². The quantitative estimate of drug-likeness (QED) is 0.934. The molecule has 0 radical (unpaired) electrons. The van der Waals surface area contributed by atoms with Gasteiger partial charge in [0.2, 0.25) is 10.0 Å². The average Bonchev–Trinajstić information content (AvgIpc) is 2.44. The van der Waals surface area contributed by atoms with E-state index in [0.717, 1.165) is 11.8 Å². The SMILES string of the molecule is CCCC1(O)CN(S(=O)(=O)c2cccc3cnccc23)C1. The van der Waals surface area contributed by atoms with Crippen LogP contribution in [0, 0.1) is 0 Å². The number of β-amino-alcohol motifs (C(OH)–C–C–N with tert-alkyl or cyclic N) is 1. The third-order valence-corrected chi connectivity index (χ3v) is 5.77. The first-order chi connectivity index (χ1) is 9.96. The highest BCUT2D eigenvalue weighted by Crippen LogP contribution is 2.33. The molecule has 3 rings (SSSR count). The lowest BCUT2D eigenvalue weighted by Gasteiger charge is -2.45. The van der Waals surface area contributed by atoms with Gasteiger partial charge < -0.3 is 5.11 Å². The standard InChI is InChI=1S/C15H18N2O3S/c1-2-7-15(18)10-17(11-15)21(19,20)14-5-3-4-12-9-16-8-6-13(12)14/h3-6,8-9,18H,2,7,10-11H2,1H3. The summed E-state index contributed by atoms with van der Waals surface area (Å²) in [6.07, 6.45) is 4.70. The van der Waals surface area contributed by atoms with Crippen LogP contribution in [0.5, 0.6) is 0 Å². The lowest BCUT2D eigenvalue weighted by Crippen LogP contribution is -2.63. The van der Waals surface area contributed by atoms with Crippen molar-refractivity contribution >= 4 is 20.8 Å². The molecule has 2 aromatic rings. The fraction of sp³-hybridized carbons (Fsp3) is 0.400. The zero-order chi connectivity index (χ0) is 15.1. The smallest absolute Gasteiger partial charge is 0.243 e. The number of nitrogens with zero attached hydrogens (tertiary/aromatic N) is 2. The fourth-order valence-corrected chi connectivity index (χ4v) is 4.67. The Hall–Kier alpha value is -1.50. The third kappa shape index (κ3) is 2.43. The van der Waals surface area contributed by atoms with E-state index in [1.807, 2.05) is 13.0 Å². The summed E-state index contributed by atoms with van der Waals surface area (Å²) in [5, 5.41) is 11.6. The van der Waals surface area contributed by atoms with Crippen LogP contribution in [0.3, 0.4) is 0 Å². The molecular weight excluding hydrogens is 288 g/mol. The van der Waals surface area contributed by atoms with E-state index in [0.29, 0.717) is 11.8 Å². The van der Waals surface area contributed by atoms with Gasteiger partial charge >= 0.3 is 0 Å². The first-order valence-electron chi connectivity index (χ1n) is 7.01.